The molecule has 1 aromatic rings. The van der Waals surface area contributed by atoms with Crippen molar-refractivity contribution >= 4 is 29.1 Å². The summed E-state index contributed by atoms with van der Waals surface area (Å²) < 4.78 is 0. The highest BCUT2D eigenvalue weighted by atomic mass is 16.2. The summed E-state index contributed by atoms with van der Waals surface area (Å²) in [5.74, 6) is -0.553. The summed E-state index contributed by atoms with van der Waals surface area (Å²) in [5, 5.41) is 5.51. The Bertz CT molecular complexity index is 569. The van der Waals surface area contributed by atoms with Crippen molar-refractivity contribution < 1.29 is 14.4 Å². The Labute approximate surface area is 129 Å². The molecular weight excluding hydrogens is 282 g/mol. The van der Waals surface area contributed by atoms with Gasteiger partial charge in [0.05, 0.1) is 5.92 Å². The zero-order chi connectivity index (χ0) is 16.1. The van der Waals surface area contributed by atoms with E-state index in [9.17, 15) is 14.4 Å². The van der Waals surface area contributed by atoms with Crippen LogP contribution in [-0.2, 0) is 14.4 Å². The first-order valence-electron chi connectivity index (χ1n) is 7.47. The highest BCUT2D eigenvalue weighted by Crippen LogP contribution is 2.26. The van der Waals surface area contributed by atoms with E-state index in [1.807, 2.05) is 6.92 Å². The molecule has 0 spiro atoms. The van der Waals surface area contributed by atoms with Crippen molar-refractivity contribution in [1.82, 2.24) is 5.32 Å². The molecule has 2 rings (SSSR count). The van der Waals surface area contributed by atoms with Crippen LogP contribution in [0.1, 0.15) is 26.7 Å². The van der Waals surface area contributed by atoms with E-state index in [2.05, 4.69) is 10.6 Å². The zero-order valence-electron chi connectivity index (χ0n) is 12.9. The van der Waals surface area contributed by atoms with E-state index in [1.165, 1.54) is 6.92 Å². The standard InChI is InChI=1S/C16H21N3O3/c1-3-8-17-16(22)12-9-15(21)19(10-12)14-6-4-13(5-7-14)18-11(2)20/h4-7,12H,3,8-10H2,1-2H3,(H,17,22)(H,18,20)/t12-/m1/s1. The number of amides is 3. The molecule has 1 aliphatic heterocycles. The molecule has 0 unspecified atom stereocenters. The first kappa shape index (κ1) is 16.0. The van der Waals surface area contributed by atoms with Gasteiger partial charge in [0.15, 0.2) is 0 Å². The van der Waals surface area contributed by atoms with Gasteiger partial charge in [-0.15, -0.1) is 0 Å². The summed E-state index contributed by atoms with van der Waals surface area (Å²) in [7, 11) is 0. The van der Waals surface area contributed by atoms with Crippen LogP contribution in [0.5, 0.6) is 0 Å². The lowest BCUT2D eigenvalue weighted by molar-refractivity contribution is -0.126. The van der Waals surface area contributed by atoms with Gasteiger partial charge in [-0.2, -0.15) is 0 Å². The molecule has 0 radical (unpaired) electrons. The lowest BCUT2D eigenvalue weighted by Gasteiger charge is -2.17. The first-order chi connectivity index (χ1) is 10.5. The third-order valence-corrected chi connectivity index (χ3v) is 3.54. The van der Waals surface area contributed by atoms with Crippen molar-refractivity contribution in [3.05, 3.63) is 24.3 Å². The summed E-state index contributed by atoms with van der Waals surface area (Å²) in [6.45, 7) is 4.46. The Morgan fingerprint density at radius 1 is 1.27 bits per heavy atom. The van der Waals surface area contributed by atoms with Gasteiger partial charge in [0, 0.05) is 37.8 Å². The number of hydrogen-bond acceptors (Lipinski definition) is 3. The van der Waals surface area contributed by atoms with Crippen molar-refractivity contribution in [3.8, 4) is 0 Å². The summed E-state index contributed by atoms with van der Waals surface area (Å²) in [5.41, 5.74) is 1.42. The van der Waals surface area contributed by atoms with Gasteiger partial charge in [-0.3, -0.25) is 14.4 Å². The van der Waals surface area contributed by atoms with E-state index in [4.69, 9.17) is 0 Å². The molecule has 1 saturated heterocycles. The summed E-state index contributed by atoms with van der Waals surface area (Å²) >= 11 is 0. The minimum absolute atomic E-state index is 0.0519. The third-order valence-electron chi connectivity index (χ3n) is 3.54. The van der Waals surface area contributed by atoms with Gasteiger partial charge in [-0.05, 0) is 30.7 Å². The third kappa shape index (κ3) is 3.84. The molecule has 2 N–H and O–H groups in total. The number of hydrogen-bond donors (Lipinski definition) is 2. The average Bonchev–Trinajstić information content (AvgIpc) is 2.87. The van der Waals surface area contributed by atoms with Crippen molar-refractivity contribution in [2.45, 2.75) is 26.7 Å². The molecule has 0 bridgehead atoms. The van der Waals surface area contributed by atoms with Gasteiger partial charge < -0.3 is 15.5 Å². The number of rotatable bonds is 5. The molecule has 6 nitrogen and oxygen atoms in total. The van der Waals surface area contributed by atoms with Gasteiger partial charge in [-0.25, -0.2) is 0 Å². The van der Waals surface area contributed by atoms with Crippen LogP contribution in [-0.4, -0.2) is 30.8 Å². The van der Waals surface area contributed by atoms with Crippen molar-refractivity contribution in [3.63, 3.8) is 0 Å². The maximum Gasteiger partial charge on any atom is 0.227 e. The molecule has 3 amide bonds. The fourth-order valence-electron chi connectivity index (χ4n) is 2.45. The van der Waals surface area contributed by atoms with Crippen LogP contribution >= 0.6 is 0 Å². The predicted octanol–water partition coefficient (Wildman–Crippen LogP) is 1.52. The number of nitrogens with zero attached hydrogens (tertiary/aromatic N) is 1. The van der Waals surface area contributed by atoms with E-state index in [0.29, 0.717) is 18.8 Å². The Balaban J connectivity index is 2.02. The van der Waals surface area contributed by atoms with Gasteiger partial charge in [-0.1, -0.05) is 6.92 Å². The van der Waals surface area contributed by atoms with Crippen LogP contribution < -0.4 is 15.5 Å². The Morgan fingerprint density at radius 2 is 1.95 bits per heavy atom. The fourth-order valence-corrected chi connectivity index (χ4v) is 2.45. The molecule has 1 fully saturated rings. The second-order valence-corrected chi connectivity index (χ2v) is 5.42. The molecular formula is C16H21N3O3. The van der Waals surface area contributed by atoms with Crippen LogP contribution in [0.2, 0.25) is 0 Å². The first-order valence-corrected chi connectivity index (χ1v) is 7.47. The largest absolute Gasteiger partial charge is 0.356 e. The van der Waals surface area contributed by atoms with Crippen LogP contribution in [0.15, 0.2) is 24.3 Å². The maximum atomic E-state index is 12.1. The Hall–Kier alpha value is -2.37. The zero-order valence-corrected chi connectivity index (χ0v) is 12.9. The SMILES string of the molecule is CCCNC(=O)[C@@H]1CC(=O)N(c2ccc(NC(C)=O)cc2)C1. The van der Waals surface area contributed by atoms with Gasteiger partial charge in [0.1, 0.15) is 0 Å². The van der Waals surface area contributed by atoms with Crippen LogP contribution in [0.25, 0.3) is 0 Å². The molecule has 0 aliphatic carbocycles. The number of benzene rings is 1. The van der Waals surface area contributed by atoms with Crippen LogP contribution in [0.4, 0.5) is 11.4 Å². The highest BCUT2D eigenvalue weighted by Gasteiger charge is 2.34. The van der Waals surface area contributed by atoms with Crippen LogP contribution in [0, 0.1) is 5.92 Å². The summed E-state index contributed by atoms with van der Waals surface area (Å²) in [6.07, 6.45) is 1.11. The quantitative estimate of drug-likeness (QED) is 0.865. The van der Waals surface area contributed by atoms with E-state index in [0.717, 1.165) is 12.1 Å². The minimum atomic E-state index is -0.297. The van der Waals surface area contributed by atoms with Gasteiger partial charge >= 0.3 is 0 Å². The van der Waals surface area contributed by atoms with Crippen molar-refractivity contribution in [2.75, 3.05) is 23.3 Å². The fraction of sp³-hybridized carbons (Fsp3) is 0.438. The van der Waals surface area contributed by atoms with Crippen molar-refractivity contribution in [2.24, 2.45) is 5.92 Å². The van der Waals surface area contributed by atoms with E-state index < -0.39 is 0 Å². The lowest BCUT2D eigenvalue weighted by atomic mass is 10.1. The topological polar surface area (TPSA) is 78.5 Å². The van der Waals surface area contributed by atoms with E-state index in [-0.39, 0.29) is 30.1 Å². The number of carbonyl (C=O) groups excluding carboxylic acids is 3. The molecule has 118 valence electrons. The molecule has 1 aromatic carbocycles. The van der Waals surface area contributed by atoms with E-state index >= 15 is 0 Å². The number of nitrogens with one attached hydrogen (secondary N) is 2. The molecule has 22 heavy (non-hydrogen) atoms. The Morgan fingerprint density at radius 3 is 2.55 bits per heavy atom. The summed E-state index contributed by atoms with van der Waals surface area (Å²) in [4.78, 5) is 36.7. The minimum Gasteiger partial charge on any atom is -0.356 e. The highest BCUT2D eigenvalue weighted by molar-refractivity contribution is 6.00. The van der Waals surface area contributed by atoms with E-state index in [1.54, 1.807) is 29.2 Å². The molecule has 1 aliphatic rings. The Kier molecular flexibility index (Phi) is 5.14. The second-order valence-electron chi connectivity index (χ2n) is 5.42. The molecule has 1 heterocycles. The molecule has 6 heteroatoms. The number of carbonyl (C=O) groups is 3. The van der Waals surface area contributed by atoms with Gasteiger partial charge in [0.2, 0.25) is 17.7 Å². The van der Waals surface area contributed by atoms with Gasteiger partial charge in [0.25, 0.3) is 0 Å². The predicted molar refractivity (Wildman–Crippen MR) is 84.5 cm³/mol. The van der Waals surface area contributed by atoms with Crippen LogP contribution in [0.3, 0.4) is 0 Å². The molecule has 1 atom stereocenters. The summed E-state index contributed by atoms with van der Waals surface area (Å²) in [6, 6.07) is 7.04. The molecule has 0 saturated carbocycles. The lowest BCUT2D eigenvalue weighted by Crippen LogP contribution is -2.33. The molecule has 0 aromatic heterocycles. The smallest absolute Gasteiger partial charge is 0.227 e. The number of anilines is 2. The average molecular weight is 303 g/mol. The normalized spacial score (nSPS) is 17.5. The second kappa shape index (κ2) is 7.06. The van der Waals surface area contributed by atoms with Crippen molar-refractivity contribution in [1.29, 1.82) is 0 Å². The monoisotopic (exact) mass is 303 g/mol. The maximum absolute atomic E-state index is 12.1.